The maximum absolute atomic E-state index is 13.0. The van der Waals surface area contributed by atoms with Gasteiger partial charge in [-0.1, -0.05) is 29.8 Å². The standard InChI is InChI=1S/C23H24F3N3O2S/c1-14-4-3-5-16(12-14)18(29-8-10-31-11-9-29)13-27-21(30)20-15(2)17-6-7-19(23(24,25)26)28-22(17)32-20/h3-7,12,18H,8-11,13H2,1-2H3,(H,27,30). The van der Waals surface area contributed by atoms with Crippen molar-refractivity contribution >= 4 is 27.5 Å². The number of morpholine rings is 1. The fourth-order valence-corrected chi connectivity index (χ4v) is 5.06. The largest absolute Gasteiger partial charge is 0.433 e. The van der Waals surface area contributed by atoms with Gasteiger partial charge in [-0.15, -0.1) is 11.3 Å². The molecule has 32 heavy (non-hydrogen) atoms. The van der Waals surface area contributed by atoms with Crippen LogP contribution >= 0.6 is 11.3 Å². The number of halogens is 3. The number of ether oxygens (including phenoxy) is 1. The van der Waals surface area contributed by atoms with Gasteiger partial charge in [-0.3, -0.25) is 9.69 Å². The average Bonchev–Trinajstić information content (AvgIpc) is 3.10. The molecule has 3 aromatic rings. The van der Waals surface area contributed by atoms with E-state index in [-0.39, 0.29) is 16.8 Å². The molecule has 1 N–H and O–H groups in total. The third-order valence-corrected chi connectivity index (χ3v) is 6.87. The zero-order valence-electron chi connectivity index (χ0n) is 17.8. The van der Waals surface area contributed by atoms with E-state index in [4.69, 9.17) is 4.74 Å². The Balaban J connectivity index is 1.56. The molecule has 1 atom stereocenters. The number of amides is 1. The third-order valence-electron chi connectivity index (χ3n) is 5.67. The highest BCUT2D eigenvalue weighted by Crippen LogP contribution is 2.34. The van der Waals surface area contributed by atoms with E-state index in [0.717, 1.165) is 41.6 Å². The van der Waals surface area contributed by atoms with Crippen LogP contribution < -0.4 is 5.32 Å². The monoisotopic (exact) mass is 463 g/mol. The molecule has 1 fully saturated rings. The molecule has 1 unspecified atom stereocenters. The van der Waals surface area contributed by atoms with Crippen LogP contribution in [0.3, 0.4) is 0 Å². The Morgan fingerprint density at radius 1 is 1.22 bits per heavy atom. The minimum absolute atomic E-state index is 0.0209. The maximum Gasteiger partial charge on any atom is 0.433 e. The second-order valence-electron chi connectivity index (χ2n) is 7.89. The lowest BCUT2D eigenvalue weighted by Gasteiger charge is -2.35. The number of aromatic nitrogens is 1. The van der Waals surface area contributed by atoms with Crippen LogP contribution in [0.25, 0.3) is 10.2 Å². The Labute approximate surface area is 188 Å². The molecule has 1 aromatic carbocycles. The Hall–Kier alpha value is -2.49. The summed E-state index contributed by atoms with van der Waals surface area (Å²) in [6, 6.07) is 10.5. The molecule has 1 amide bonds. The number of carbonyl (C=O) groups is 1. The van der Waals surface area contributed by atoms with Gasteiger partial charge < -0.3 is 10.1 Å². The van der Waals surface area contributed by atoms with E-state index in [0.29, 0.717) is 35.6 Å². The van der Waals surface area contributed by atoms with Crippen LogP contribution in [-0.2, 0) is 10.9 Å². The summed E-state index contributed by atoms with van der Waals surface area (Å²) in [5.74, 6) is -0.301. The Kier molecular flexibility index (Phi) is 6.50. The van der Waals surface area contributed by atoms with Crippen molar-refractivity contribution < 1.29 is 22.7 Å². The second kappa shape index (κ2) is 9.17. The number of hydrogen-bond acceptors (Lipinski definition) is 5. The van der Waals surface area contributed by atoms with Gasteiger partial charge in [0.2, 0.25) is 0 Å². The normalized spacial score (nSPS) is 16.3. The van der Waals surface area contributed by atoms with Crippen molar-refractivity contribution in [2.45, 2.75) is 26.1 Å². The van der Waals surface area contributed by atoms with Gasteiger partial charge in [0.25, 0.3) is 5.91 Å². The summed E-state index contributed by atoms with van der Waals surface area (Å²) >= 11 is 0.991. The van der Waals surface area contributed by atoms with E-state index >= 15 is 0 Å². The van der Waals surface area contributed by atoms with Gasteiger partial charge in [0.1, 0.15) is 10.5 Å². The molecular weight excluding hydrogens is 439 g/mol. The molecular formula is C23H24F3N3O2S. The number of rotatable bonds is 5. The first-order valence-electron chi connectivity index (χ1n) is 10.4. The molecule has 9 heteroatoms. The maximum atomic E-state index is 13.0. The Morgan fingerprint density at radius 2 is 1.97 bits per heavy atom. The van der Waals surface area contributed by atoms with Gasteiger partial charge in [-0.25, -0.2) is 4.98 Å². The number of pyridine rings is 1. The van der Waals surface area contributed by atoms with E-state index in [2.05, 4.69) is 21.3 Å². The van der Waals surface area contributed by atoms with Crippen molar-refractivity contribution in [1.82, 2.24) is 15.2 Å². The molecule has 1 aliphatic heterocycles. The van der Waals surface area contributed by atoms with E-state index in [1.165, 1.54) is 6.07 Å². The minimum atomic E-state index is -4.52. The van der Waals surface area contributed by atoms with Crippen LogP contribution in [0.1, 0.15) is 38.1 Å². The molecule has 0 bridgehead atoms. The summed E-state index contributed by atoms with van der Waals surface area (Å²) in [5.41, 5.74) is 1.93. The number of hydrogen-bond donors (Lipinski definition) is 1. The SMILES string of the molecule is Cc1cccc(C(CNC(=O)c2sc3nc(C(F)(F)F)ccc3c2C)N2CCOCC2)c1. The van der Waals surface area contributed by atoms with Gasteiger partial charge in [0.05, 0.1) is 24.1 Å². The first-order chi connectivity index (χ1) is 15.2. The summed E-state index contributed by atoms with van der Waals surface area (Å²) in [6.07, 6.45) is -4.52. The van der Waals surface area contributed by atoms with Gasteiger partial charge in [-0.2, -0.15) is 13.2 Å². The van der Waals surface area contributed by atoms with Crippen LogP contribution in [0, 0.1) is 13.8 Å². The molecule has 0 spiro atoms. The first kappa shape index (κ1) is 22.7. The molecule has 5 nitrogen and oxygen atoms in total. The highest BCUT2D eigenvalue weighted by atomic mass is 32.1. The van der Waals surface area contributed by atoms with Crippen LogP contribution in [-0.4, -0.2) is 48.6 Å². The lowest BCUT2D eigenvalue weighted by atomic mass is 10.0. The van der Waals surface area contributed by atoms with Crippen molar-refractivity contribution in [2.24, 2.45) is 0 Å². The number of thiophene rings is 1. The second-order valence-corrected chi connectivity index (χ2v) is 8.89. The minimum Gasteiger partial charge on any atom is -0.379 e. The van der Waals surface area contributed by atoms with E-state index < -0.39 is 11.9 Å². The number of fused-ring (bicyclic) bond motifs is 1. The van der Waals surface area contributed by atoms with Gasteiger partial charge >= 0.3 is 6.18 Å². The van der Waals surface area contributed by atoms with E-state index in [1.807, 2.05) is 25.1 Å². The summed E-state index contributed by atoms with van der Waals surface area (Å²) < 4.78 is 44.5. The molecule has 1 aliphatic rings. The molecule has 0 radical (unpaired) electrons. The van der Waals surface area contributed by atoms with Gasteiger partial charge in [0.15, 0.2) is 0 Å². The Bertz CT molecular complexity index is 1120. The summed E-state index contributed by atoms with van der Waals surface area (Å²) in [4.78, 5) is 19.6. The quantitative estimate of drug-likeness (QED) is 0.594. The topological polar surface area (TPSA) is 54.5 Å². The van der Waals surface area contributed by atoms with E-state index in [9.17, 15) is 18.0 Å². The smallest absolute Gasteiger partial charge is 0.379 e. The van der Waals surface area contributed by atoms with Crippen molar-refractivity contribution in [3.63, 3.8) is 0 Å². The van der Waals surface area contributed by atoms with Crippen LogP contribution in [0.15, 0.2) is 36.4 Å². The van der Waals surface area contributed by atoms with Gasteiger partial charge in [0, 0.05) is 25.0 Å². The van der Waals surface area contributed by atoms with Crippen molar-refractivity contribution in [2.75, 3.05) is 32.8 Å². The summed E-state index contributed by atoms with van der Waals surface area (Å²) in [5, 5.41) is 3.57. The van der Waals surface area contributed by atoms with Crippen LogP contribution in [0.4, 0.5) is 13.2 Å². The fourth-order valence-electron chi connectivity index (χ4n) is 3.97. The number of alkyl halides is 3. The number of aryl methyl sites for hydroxylation is 2. The van der Waals surface area contributed by atoms with Gasteiger partial charge in [-0.05, 0) is 37.1 Å². The molecule has 0 aliphatic carbocycles. The molecule has 3 heterocycles. The number of benzene rings is 1. The predicted octanol–water partition coefficient (Wildman–Crippen LogP) is 4.74. The van der Waals surface area contributed by atoms with Crippen LogP contribution in [0.2, 0.25) is 0 Å². The number of nitrogens with zero attached hydrogens (tertiary/aromatic N) is 2. The first-order valence-corrected chi connectivity index (χ1v) is 11.2. The molecule has 4 rings (SSSR count). The third kappa shape index (κ3) is 4.79. The van der Waals surface area contributed by atoms with Crippen molar-refractivity contribution in [3.8, 4) is 0 Å². The lowest BCUT2D eigenvalue weighted by molar-refractivity contribution is -0.140. The van der Waals surface area contributed by atoms with Crippen LogP contribution in [0.5, 0.6) is 0 Å². The summed E-state index contributed by atoms with van der Waals surface area (Å²) in [6.45, 7) is 6.96. The summed E-state index contributed by atoms with van der Waals surface area (Å²) in [7, 11) is 0. The zero-order valence-corrected chi connectivity index (χ0v) is 18.6. The molecule has 0 saturated carbocycles. The molecule has 1 saturated heterocycles. The molecule has 2 aromatic heterocycles. The highest BCUT2D eigenvalue weighted by molar-refractivity contribution is 7.20. The van der Waals surface area contributed by atoms with Crippen molar-refractivity contribution in [3.05, 3.63) is 63.7 Å². The van der Waals surface area contributed by atoms with Crippen molar-refractivity contribution in [1.29, 1.82) is 0 Å². The lowest BCUT2D eigenvalue weighted by Crippen LogP contribution is -2.43. The highest BCUT2D eigenvalue weighted by Gasteiger charge is 2.33. The zero-order chi connectivity index (χ0) is 22.9. The number of nitrogens with one attached hydrogen (secondary N) is 1. The predicted molar refractivity (Wildman–Crippen MR) is 118 cm³/mol. The Morgan fingerprint density at radius 3 is 2.66 bits per heavy atom. The number of carbonyl (C=O) groups excluding carboxylic acids is 1. The average molecular weight is 464 g/mol. The fraction of sp³-hybridized carbons (Fsp3) is 0.391. The molecule has 170 valence electrons. The van der Waals surface area contributed by atoms with E-state index in [1.54, 1.807) is 6.92 Å².